The van der Waals surface area contributed by atoms with Crippen molar-refractivity contribution in [3.05, 3.63) is 35.4 Å². The molecule has 88 valence electrons. The highest BCUT2D eigenvalue weighted by atomic mass is 19.2. The molecule has 1 heterocycles. The zero-order valence-electron chi connectivity index (χ0n) is 9.13. The molecule has 1 aliphatic heterocycles. The van der Waals surface area contributed by atoms with Gasteiger partial charge in [0, 0.05) is 18.0 Å². The Labute approximate surface area is 93.3 Å². The summed E-state index contributed by atoms with van der Waals surface area (Å²) in [5.74, 6) is -1.98. The van der Waals surface area contributed by atoms with Gasteiger partial charge in [-0.2, -0.15) is 0 Å². The Balaban J connectivity index is 2.45. The van der Waals surface area contributed by atoms with Crippen LogP contribution in [0.25, 0.3) is 0 Å². The van der Waals surface area contributed by atoms with Crippen LogP contribution in [0.5, 0.6) is 0 Å². The second kappa shape index (κ2) is 4.11. The average Bonchev–Trinajstić information content (AvgIpc) is 2.26. The number of hydrogen-bond donors (Lipinski definition) is 2. The van der Waals surface area contributed by atoms with Crippen molar-refractivity contribution in [1.29, 1.82) is 0 Å². The second-order valence-electron chi connectivity index (χ2n) is 4.38. The molecule has 0 saturated carbocycles. The van der Waals surface area contributed by atoms with Crippen molar-refractivity contribution >= 4 is 0 Å². The fraction of sp³-hybridized carbons (Fsp3) is 0.500. The summed E-state index contributed by atoms with van der Waals surface area (Å²) < 4.78 is 26.8. The van der Waals surface area contributed by atoms with Gasteiger partial charge in [-0.1, -0.05) is 19.1 Å². The quantitative estimate of drug-likeness (QED) is 0.766. The van der Waals surface area contributed by atoms with Gasteiger partial charge in [0.25, 0.3) is 0 Å². The molecule has 0 amide bonds. The number of nitrogens with one attached hydrogen (secondary N) is 1. The molecule has 2 rings (SSSR count). The molecular weight excluding hydrogens is 212 g/mol. The van der Waals surface area contributed by atoms with Crippen LogP contribution in [0.3, 0.4) is 0 Å². The van der Waals surface area contributed by atoms with Crippen LogP contribution >= 0.6 is 0 Å². The number of piperidine rings is 1. The monoisotopic (exact) mass is 227 g/mol. The standard InChI is InChI=1S/C12H15F2NO/c1-8-7-15-6-5-12(8,16)9-3-2-4-10(13)11(9)14/h2-4,8,15-16H,5-7H2,1H3. The minimum atomic E-state index is -1.27. The topological polar surface area (TPSA) is 32.3 Å². The van der Waals surface area contributed by atoms with E-state index in [1.165, 1.54) is 12.1 Å². The van der Waals surface area contributed by atoms with E-state index in [1.807, 2.05) is 6.92 Å². The van der Waals surface area contributed by atoms with Gasteiger partial charge in [0.1, 0.15) is 0 Å². The highest BCUT2D eigenvalue weighted by molar-refractivity contribution is 5.27. The third kappa shape index (κ3) is 1.72. The van der Waals surface area contributed by atoms with E-state index >= 15 is 0 Å². The molecule has 0 aromatic heterocycles. The van der Waals surface area contributed by atoms with Crippen LogP contribution in [0.15, 0.2) is 18.2 Å². The van der Waals surface area contributed by atoms with E-state index < -0.39 is 17.2 Å². The number of benzene rings is 1. The van der Waals surface area contributed by atoms with Crippen molar-refractivity contribution in [2.45, 2.75) is 18.9 Å². The molecule has 1 fully saturated rings. The lowest BCUT2D eigenvalue weighted by atomic mass is 9.77. The summed E-state index contributed by atoms with van der Waals surface area (Å²) in [7, 11) is 0. The Morgan fingerprint density at radius 2 is 2.19 bits per heavy atom. The SMILES string of the molecule is CC1CNCCC1(O)c1cccc(F)c1F. The highest BCUT2D eigenvalue weighted by Crippen LogP contribution is 2.36. The molecule has 1 aromatic carbocycles. The lowest BCUT2D eigenvalue weighted by Crippen LogP contribution is -2.47. The predicted molar refractivity (Wildman–Crippen MR) is 56.9 cm³/mol. The molecule has 1 saturated heterocycles. The van der Waals surface area contributed by atoms with Crippen molar-refractivity contribution in [3.8, 4) is 0 Å². The van der Waals surface area contributed by atoms with Gasteiger partial charge in [0.15, 0.2) is 11.6 Å². The summed E-state index contributed by atoms with van der Waals surface area (Å²) in [6.45, 7) is 3.04. The fourth-order valence-corrected chi connectivity index (χ4v) is 2.25. The summed E-state index contributed by atoms with van der Waals surface area (Å²) in [5, 5.41) is 13.6. The third-order valence-electron chi connectivity index (χ3n) is 3.37. The lowest BCUT2D eigenvalue weighted by molar-refractivity contribution is -0.0424. The first kappa shape index (κ1) is 11.5. The molecule has 2 unspecified atom stereocenters. The lowest BCUT2D eigenvalue weighted by Gasteiger charge is -2.39. The summed E-state index contributed by atoms with van der Waals surface area (Å²) in [4.78, 5) is 0. The summed E-state index contributed by atoms with van der Waals surface area (Å²) >= 11 is 0. The first-order valence-corrected chi connectivity index (χ1v) is 5.43. The molecule has 0 spiro atoms. The molecule has 2 atom stereocenters. The molecule has 1 aliphatic rings. The van der Waals surface area contributed by atoms with E-state index in [4.69, 9.17) is 0 Å². The molecule has 2 nitrogen and oxygen atoms in total. The van der Waals surface area contributed by atoms with E-state index in [0.717, 1.165) is 6.07 Å². The van der Waals surface area contributed by atoms with Gasteiger partial charge in [-0.05, 0) is 19.0 Å². The van der Waals surface area contributed by atoms with Crippen molar-refractivity contribution in [1.82, 2.24) is 5.32 Å². The van der Waals surface area contributed by atoms with Gasteiger partial charge in [0.05, 0.1) is 5.60 Å². The Bertz CT molecular complexity index is 397. The van der Waals surface area contributed by atoms with Crippen molar-refractivity contribution in [3.63, 3.8) is 0 Å². The van der Waals surface area contributed by atoms with E-state index in [2.05, 4.69) is 5.32 Å². The van der Waals surface area contributed by atoms with Gasteiger partial charge in [-0.15, -0.1) is 0 Å². The Hall–Kier alpha value is -1.00. The first-order chi connectivity index (χ1) is 7.55. The molecule has 0 aliphatic carbocycles. The number of halogens is 2. The van der Waals surface area contributed by atoms with E-state index in [9.17, 15) is 13.9 Å². The van der Waals surface area contributed by atoms with Crippen LogP contribution in [0.1, 0.15) is 18.9 Å². The molecule has 0 bridgehead atoms. The van der Waals surface area contributed by atoms with E-state index in [0.29, 0.717) is 19.5 Å². The molecular formula is C12H15F2NO. The van der Waals surface area contributed by atoms with Crippen LogP contribution in [-0.2, 0) is 5.60 Å². The van der Waals surface area contributed by atoms with Crippen LogP contribution in [-0.4, -0.2) is 18.2 Å². The highest BCUT2D eigenvalue weighted by Gasteiger charge is 2.40. The number of rotatable bonds is 1. The van der Waals surface area contributed by atoms with E-state index in [1.54, 1.807) is 0 Å². The Kier molecular flexibility index (Phi) is 2.95. The maximum Gasteiger partial charge on any atom is 0.164 e. The molecule has 4 heteroatoms. The molecule has 2 N–H and O–H groups in total. The minimum Gasteiger partial charge on any atom is -0.385 e. The van der Waals surface area contributed by atoms with Gasteiger partial charge in [0.2, 0.25) is 0 Å². The summed E-state index contributed by atoms with van der Waals surface area (Å²) in [6, 6.07) is 3.95. The van der Waals surface area contributed by atoms with Gasteiger partial charge < -0.3 is 10.4 Å². The van der Waals surface area contributed by atoms with Crippen molar-refractivity contribution in [2.24, 2.45) is 5.92 Å². The molecule has 0 radical (unpaired) electrons. The molecule has 1 aromatic rings. The van der Waals surface area contributed by atoms with Crippen LogP contribution in [0, 0.1) is 17.6 Å². The normalized spacial score (nSPS) is 30.4. The predicted octanol–water partition coefficient (Wildman–Crippen LogP) is 1.78. The Morgan fingerprint density at radius 1 is 1.44 bits per heavy atom. The molecule has 16 heavy (non-hydrogen) atoms. The number of aliphatic hydroxyl groups is 1. The van der Waals surface area contributed by atoms with Crippen molar-refractivity contribution in [2.75, 3.05) is 13.1 Å². The summed E-state index contributed by atoms with van der Waals surface area (Å²) in [6.07, 6.45) is 0.397. The van der Waals surface area contributed by atoms with Gasteiger partial charge >= 0.3 is 0 Å². The third-order valence-corrected chi connectivity index (χ3v) is 3.37. The van der Waals surface area contributed by atoms with E-state index in [-0.39, 0.29) is 11.5 Å². The Morgan fingerprint density at radius 3 is 2.88 bits per heavy atom. The summed E-state index contributed by atoms with van der Waals surface area (Å²) in [5.41, 5.74) is -1.20. The van der Waals surface area contributed by atoms with Gasteiger partial charge in [-0.3, -0.25) is 0 Å². The van der Waals surface area contributed by atoms with Crippen LogP contribution in [0.4, 0.5) is 8.78 Å². The second-order valence-corrected chi connectivity index (χ2v) is 4.38. The van der Waals surface area contributed by atoms with Crippen molar-refractivity contribution < 1.29 is 13.9 Å². The first-order valence-electron chi connectivity index (χ1n) is 5.43. The van der Waals surface area contributed by atoms with Crippen LogP contribution in [0.2, 0.25) is 0 Å². The van der Waals surface area contributed by atoms with Crippen LogP contribution < -0.4 is 5.32 Å². The van der Waals surface area contributed by atoms with Gasteiger partial charge in [-0.25, -0.2) is 8.78 Å². The fourth-order valence-electron chi connectivity index (χ4n) is 2.25. The zero-order chi connectivity index (χ0) is 11.8. The zero-order valence-corrected chi connectivity index (χ0v) is 9.13. The number of hydrogen-bond acceptors (Lipinski definition) is 2. The largest absolute Gasteiger partial charge is 0.385 e. The smallest absolute Gasteiger partial charge is 0.164 e. The maximum absolute atomic E-state index is 13.6. The minimum absolute atomic E-state index is 0.0708. The maximum atomic E-state index is 13.6. The average molecular weight is 227 g/mol.